The van der Waals surface area contributed by atoms with Crippen molar-refractivity contribution in [3.63, 3.8) is 0 Å². The molecule has 0 saturated carbocycles. The Morgan fingerprint density at radius 2 is 1.88 bits per heavy atom. The van der Waals surface area contributed by atoms with Crippen molar-refractivity contribution in [1.29, 1.82) is 0 Å². The second kappa shape index (κ2) is 4.95. The lowest BCUT2D eigenvalue weighted by Crippen LogP contribution is -2.10. The first-order valence-electron chi connectivity index (χ1n) is 2.06. The summed E-state index contributed by atoms with van der Waals surface area (Å²) in [5, 5.41) is 18.9. The second-order valence-corrected chi connectivity index (χ2v) is 1.35. The van der Waals surface area contributed by atoms with Crippen LogP contribution in [0.4, 0.5) is 0 Å². The van der Waals surface area contributed by atoms with Crippen LogP contribution < -0.4 is 5.26 Å². The van der Waals surface area contributed by atoms with E-state index in [2.05, 4.69) is 20.0 Å². The lowest BCUT2D eigenvalue weighted by atomic mass is 10.5. The lowest BCUT2D eigenvalue weighted by Gasteiger charge is -2.04. The summed E-state index contributed by atoms with van der Waals surface area (Å²) >= 11 is 0. The van der Waals surface area contributed by atoms with Gasteiger partial charge in [-0.15, -0.1) is 0 Å². The van der Waals surface area contributed by atoms with Crippen LogP contribution in [-0.2, 0) is 20.0 Å². The van der Waals surface area contributed by atoms with Crippen LogP contribution in [0.25, 0.3) is 0 Å². The Balaban J connectivity index is 2.72. The third-order valence-electron chi connectivity index (χ3n) is 0.287. The summed E-state index contributed by atoms with van der Waals surface area (Å²) in [6, 6.07) is 0. The van der Waals surface area contributed by atoms with Gasteiger partial charge in [0, 0.05) is 0 Å². The van der Waals surface area contributed by atoms with E-state index in [0.717, 1.165) is 0 Å². The van der Waals surface area contributed by atoms with Crippen LogP contribution in [0, 0.1) is 0 Å². The van der Waals surface area contributed by atoms with Crippen molar-refractivity contribution >= 4 is 0 Å². The average Bonchev–Trinajstić information content (AvgIpc) is 1.66. The van der Waals surface area contributed by atoms with Crippen molar-refractivity contribution in [2.75, 3.05) is 0 Å². The summed E-state index contributed by atoms with van der Waals surface area (Å²) in [6.45, 7) is 3.41. The van der Waals surface area contributed by atoms with Crippen LogP contribution in [0.3, 0.4) is 0 Å². The molecule has 0 fully saturated rings. The van der Waals surface area contributed by atoms with E-state index in [1.807, 2.05) is 0 Å². The molecule has 0 N–H and O–H groups in total. The Morgan fingerprint density at radius 3 is 2.25 bits per heavy atom. The maximum atomic E-state index is 8.98. The Bertz CT molecular complexity index is 44.9. The smallest absolute Gasteiger partial charge is 0.0906 e. The van der Waals surface area contributed by atoms with Gasteiger partial charge in [0.05, 0.1) is 6.10 Å². The molecule has 0 saturated heterocycles. The molecule has 0 aliphatic carbocycles. The van der Waals surface area contributed by atoms with E-state index in [1.165, 1.54) is 0 Å². The first-order valence-corrected chi connectivity index (χ1v) is 2.06. The highest BCUT2D eigenvalue weighted by atomic mass is 17.8. The van der Waals surface area contributed by atoms with Crippen molar-refractivity contribution in [3.8, 4) is 0 Å². The summed E-state index contributed by atoms with van der Waals surface area (Å²) in [5.74, 6) is 0. The Morgan fingerprint density at radius 1 is 1.25 bits per heavy atom. The first kappa shape index (κ1) is 7.80. The van der Waals surface area contributed by atoms with Crippen LogP contribution in [-0.4, -0.2) is 6.10 Å². The Hall–Kier alpha value is -0.200. The molecular weight excluding hydrogens is 116 g/mol. The van der Waals surface area contributed by atoms with E-state index in [1.54, 1.807) is 13.8 Å². The fraction of sp³-hybridized carbons (Fsp3) is 1.00. The molecule has 0 aliphatic heterocycles. The standard InChI is InChI=1S/C3H8O5/c1-3(2)5-7-8-6-4/h3-4H,1-2H3/p-1. The van der Waals surface area contributed by atoms with Crippen LogP contribution in [0.5, 0.6) is 0 Å². The largest absolute Gasteiger partial charge is 0.689 e. The molecule has 8 heavy (non-hydrogen) atoms. The summed E-state index contributed by atoms with van der Waals surface area (Å²) in [6.07, 6.45) is -0.162. The average molecular weight is 123 g/mol. The molecule has 50 valence electrons. The molecule has 0 heterocycles. The summed E-state index contributed by atoms with van der Waals surface area (Å²) in [4.78, 5) is 4.24. The summed E-state index contributed by atoms with van der Waals surface area (Å²) < 4.78 is 0. The van der Waals surface area contributed by atoms with Crippen molar-refractivity contribution in [1.82, 2.24) is 0 Å². The van der Waals surface area contributed by atoms with Crippen molar-refractivity contribution in [2.45, 2.75) is 20.0 Å². The van der Waals surface area contributed by atoms with Gasteiger partial charge in [-0.1, -0.05) is 0 Å². The highest BCUT2D eigenvalue weighted by Gasteiger charge is 1.91. The molecule has 5 heteroatoms. The van der Waals surface area contributed by atoms with E-state index in [9.17, 15) is 0 Å². The molecule has 0 aromatic rings. The third-order valence-corrected chi connectivity index (χ3v) is 0.287. The van der Waals surface area contributed by atoms with Gasteiger partial charge >= 0.3 is 0 Å². The fourth-order valence-electron chi connectivity index (χ4n) is 0.106. The van der Waals surface area contributed by atoms with Gasteiger partial charge in [-0.25, -0.2) is 4.89 Å². The normalized spacial score (nSPS) is 10.5. The molecule has 0 aliphatic rings. The molecule has 0 spiro atoms. The molecule has 0 radical (unpaired) electrons. The van der Waals surface area contributed by atoms with Crippen molar-refractivity contribution < 1.29 is 25.3 Å². The predicted molar refractivity (Wildman–Crippen MR) is 19.5 cm³/mol. The zero-order chi connectivity index (χ0) is 6.41. The number of hydrogen-bond acceptors (Lipinski definition) is 5. The molecular formula is C3H7O5-. The van der Waals surface area contributed by atoms with Crippen LogP contribution in [0.2, 0.25) is 0 Å². The molecule has 0 amide bonds. The number of hydrogen-bond donors (Lipinski definition) is 0. The zero-order valence-corrected chi connectivity index (χ0v) is 4.62. The van der Waals surface area contributed by atoms with Gasteiger partial charge in [-0.2, -0.15) is 0 Å². The third kappa shape index (κ3) is 5.80. The van der Waals surface area contributed by atoms with Gasteiger partial charge in [-0.3, -0.25) is 5.04 Å². The van der Waals surface area contributed by atoms with Crippen LogP contribution in [0.1, 0.15) is 13.8 Å². The number of rotatable bonds is 4. The highest BCUT2D eigenvalue weighted by molar-refractivity contribution is 4.24. The molecule has 5 nitrogen and oxygen atoms in total. The quantitative estimate of drug-likeness (QED) is 0.286. The van der Waals surface area contributed by atoms with E-state index >= 15 is 0 Å². The first-order chi connectivity index (χ1) is 3.77. The van der Waals surface area contributed by atoms with Crippen LogP contribution in [0.15, 0.2) is 0 Å². The monoisotopic (exact) mass is 123 g/mol. The summed E-state index contributed by atoms with van der Waals surface area (Å²) in [7, 11) is 0. The minimum atomic E-state index is -0.162. The predicted octanol–water partition coefficient (Wildman–Crippen LogP) is -0.519. The maximum Gasteiger partial charge on any atom is 0.0906 e. The highest BCUT2D eigenvalue weighted by Crippen LogP contribution is 1.87. The minimum Gasteiger partial charge on any atom is -0.689 e. The van der Waals surface area contributed by atoms with E-state index in [4.69, 9.17) is 5.26 Å². The Labute approximate surface area is 46.4 Å². The van der Waals surface area contributed by atoms with E-state index < -0.39 is 0 Å². The molecule has 0 unspecified atom stereocenters. The van der Waals surface area contributed by atoms with Crippen LogP contribution >= 0.6 is 0 Å². The van der Waals surface area contributed by atoms with Gasteiger partial charge in [-0.05, 0) is 23.9 Å². The van der Waals surface area contributed by atoms with Gasteiger partial charge in [0.1, 0.15) is 0 Å². The minimum absolute atomic E-state index is 0.162. The lowest BCUT2D eigenvalue weighted by molar-refractivity contribution is -0.876. The maximum absolute atomic E-state index is 8.98. The molecule has 0 bridgehead atoms. The Kier molecular flexibility index (Phi) is 4.82. The molecule has 0 aromatic carbocycles. The molecule has 0 rings (SSSR count). The fourth-order valence-corrected chi connectivity index (χ4v) is 0.106. The zero-order valence-electron chi connectivity index (χ0n) is 4.62. The van der Waals surface area contributed by atoms with Gasteiger partial charge in [0.15, 0.2) is 0 Å². The topological polar surface area (TPSA) is 60.0 Å². The SMILES string of the molecule is CC(C)OOOO[O-]. The van der Waals surface area contributed by atoms with E-state index in [0.29, 0.717) is 0 Å². The van der Waals surface area contributed by atoms with Gasteiger partial charge in [0.25, 0.3) is 0 Å². The van der Waals surface area contributed by atoms with Gasteiger partial charge < -0.3 is 5.26 Å². The van der Waals surface area contributed by atoms with Gasteiger partial charge in [0.2, 0.25) is 0 Å². The van der Waals surface area contributed by atoms with Crippen molar-refractivity contribution in [3.05, 3.63) is 0 Å². The summed E-state index contributed by atoms with van der Waals surface area (Å²) in [5.41, 5.74) is 0. The molecule has 0 aromatic heterocycles. The molecule has 0 atom stereocenters. The van der Waals surface area contributed by atoms with E-state index in [-0.39, 0.29) is 6.10 Å². The van der Waals surface area contributed by atoms with Crippen molar-refractivity contribution in [2.24, 2.45) is 0 Å². The second-order valence-electron chi connectivity index (χ2n) is 1.35.